The molecule has 2 aliphatic heterocycles. The van der Waals surface area contributed by atoms with Gasteiger partial charge in [-0.05, 0) is 25.0 Å². The second-order valence-electron chi connectivity index (χ2n) is 7.56. The van der Waals surface area contributed by atoms with Gasteiger partial charge in [0.25, 0.3) is 0 Å². The lowest BCUT2D eigenvalue weighted by molar-refractivity contribution is 0.122. The van der Waals surface area contributed by atoms with Gasteiger partial charge in [-0.15, -0.1) is 0 Å². The Kier molecular flexibility index (Phi) is 4.89. The molecule has 0 atom stereocenters. The fourth-order valence-electron chi connectivity index (χ4n) is 4.10. The molecule has 0 saturated carbocycles. The van der Waals surface area contributed by atoms with Crippen LogP contribution < -0.4 is 14.7 Å². The average molecular weight is 394 g/mol. The predicted molar refractivity (Wildman–Crippen MR) is 112 cm³/mol. The highest BCUT2D eigenvalue weighted by Gasteiger charge is 2.25. The van der Waals surface area contributed by atoms with E-state index in [0.29, 0.717) is 6.04 Å². The van der Waals surface area contributed by atoms with E-state index in [0.717, 1.165) is 75.5 Å². The number of hydrogen-bond donors (Lipinski definition) is 0. The van der Waals surface area contributed by atoms with Crippen LogP contribution in [0.5, 0.6) is 0 Å². The topological polar surface area (TPSA) is 74.9 Å². The van der Waals surface area contributed by atoms with Gasteiger partial charge >= 0.3 is 0 Å². The molecule has 152 valence electrons. The molecule has 2 saturated heterocycles. The largest absolute Gasteiger partial charge is 0.378 e. The van der Waals surface area contributed by atoms with Crippen LogP contribution in [0.2, 0.25) is 0 Å². The molecular formula is C20H26N8O. The zero-order valence-corrected chi connectivity index (χ0v) is 16.7. The van der Waals surface area contributed by atoms with Crippen LogP contribution in [-0.2, 0) is 4.74 Å². The standard InChI is InChI=1S/C20H26N8O/c1-25(17-2-7-21-20(24-17)27-12-14-29-15-13-27)16-4-9-26(10-5-16)18-6-11-28-19(23-18)3-8-22-28/h2-3,6-8,11,16H,4-5,9-10,12-15H2,1H3. The SMILES string of the molecule is CN(c1ccnc(N2CCOCC2)n1)C1CCN(c2ccn3nccc3n2)CC1. The Hall–Kier alpha value is -2.94. The Morgan fingerprint density at radius 1 is 0.966 bits per heavy atom. The molecule has 0 spiro atoms. The van der Waals surface area contributed by atoms with Crippen LogP contribution in [0, 0.1) is 0 Å². The molecule has 0 aliphatic carbocycles. The van der Waals surface area contributed by atoms with Crippen LogP contribution in [0.3, 0.4) is 0 Å². The Bertz CT molecular complexity index is 962. The lowest BCUT2D eigenvalue weighted by Crippen LogP contribution is -2.44. The van der Waals surface area contributed by atoms with E-state index >= 15 is 0 Å². The summed E-state index contributed by atoms with van der Waals surface area (Å²) in [7, 11) is 2.14. The van der Waals surface area contributed by atoms with Crippen molar-refractivity contribution in [3.8, 4) is 0 Å². The van der Waals surface area contributed by atoms with Crippen molar-refractivity contribution in [2.75, 3.05) is 61.1 Å². The number of aromatic nitrogens is 5. The molecule has 9 nitrogen and oxygen atoms in total. The molecule has 0 aromatic carbocycles. The molecule has 0 bridgehead atoms. The first-order valence-corrected chi connectivity index (χ1v) is 10.2. The first kappa shape index (κ1) is 18.1. The van der Waals surface area contributed by atoms with E-state index in [2.05, 4.69) is 31.8 Å². The van der Waals surface area contributed by atoms with Gasteiger partial charge in [0.15, 0.2) is 5.65 Å². The fraction of sp³-hybridized carbons (Fsp3) is 0.500. The average Bonchev–Trinajstić information content (AvgIpc) is 3.27. The molecule has 0 radical (unpaired) electrons. The van der Waals surface area contributed by atoms with Crippen molar-refractivity contribution in [3.63, 3.8) is 0 Å². The van der Waals surface area contributed by atoms with E-state index in [1.54, 1.807) is 10.7 Å². The van der Waals surface area contributed by atoms with Gasteiger partial charge in [0, 0.05) is 57.7 Å². The summed E-state index contributed by atoms with van der Waals surface area (Å²) in [4.78, 5) is 20.9. The van der Waals surface area contributed by atoms with E-state index in [4.69, 9.17) is 14.7 Å². The molecule has 29 heavy (non-hydrogen) atoms. The third-order valence-electron chi connectivity index (χ3n) is 5.86. The van der Waals surface area contributed by atoms with Gasteiger partial charge < -0.3 is 19.4 Å². The first-order chi connectivity index (χ1) is 14.3. The lowest BCUT2D eigenvalue weighted by atomic mass is 10.0. The highest BCUT2D eigenvalue weighted by atomic mass is 16.5. The minimum Gasteiger partial charge on any atom is -0.378 e. The third-order valence-corrected chi connectivity index (χ3v) is 5.86. The van der Waals surface area contributed by atoms with Gasteiger partial charge in [0.05, 0.1) is 19.4 Å². The minimum atomic E-state index is 0.456. The minimum absolute atomic E-state index is 0.456. The van der Waals surface area contributed by atoms with E-state index in [1.165, 1.54) is 0 Å². The van der Waals surface area contributed by atoms with Crippen molar-refractivity contribution in [1.82, 2.24) is 24.6 Å². The number of hydrogen-bond acceptors (Lipinski definition) is 8. The summed E-state index contributed by atoms with van der Waals surface area (Å²) in [5.74, 6) is 2.81. The van der Waals surface area contributed by atoms with E-state index < -0.39 is 0 Å². The van der Waals surface area contributed by atoms with Crippen LogP contribution in [0.1, 0.15) is 12.8 Å². The molecule has 0 unspecified atom stereocenters. The summed E-state index contributed by atoms with van der Waals surface area (Å²) in [6.07, 6.45) is 7.76. The molecule has 5 rings (SSSR count). The number of piperidine rings is 1. The van der Waals surface area contributed by atoms with Gasteiger partial charge in [-0.1, -0.05) is 0 Å². The second kappa shape index (κ2) is 7.82. The van der Waals surface area contributed by atoms with Crippen LogP contribution >= 0.6 is 0 Å². The number of anilines is 3. The van der Waals surface area contributed by atoms with Crippen LogP contribution in [0.4, 0.5) is 17.6 Å². The molecule has 2 aliphatic rings. The maximum Gasteiger partial charge on any atom is 0.227 e. The maximum absolute atomic E-state index is 5.44. The van der Waals surface area contributed by atoms with Gasteiger partial charge in [0.2, 0.25) is 5.95 Å². The highest BCUT2D eigenvalue weighted by molar-refractivity contribution is 5.48. The highest BCUT2D eigenvalue weighted by Crippen LogP contribution is 2.24. The van der Waals surface area contributed by atoms with Crippen LogP contribution in [0.15, 0.2) is 36.8 Å². The summed E-state index contributed by atoms with van der Waals surface area (Å²) >= 11 is 0. The number of rotatable bonds is 4. The molecular weight excluding hydrogens is 368 g/mol. The summed E-state index contributed by atoms with van der Waals surface area (Å²) in [6, 6.07) is 6.44. The Labute approximate surface area is 169 Å². The summed E-state index contributed by atoms with van der Waals surface area (Å²) in [5.41, 5.74) is 0.887. The normalized spacial score (nSPS) is 18.4. The van der Waals surface area contributed by atoms with Crippen LogP contribution in [-0.4, -0.2) is 77.0 Å². The monoisotopic (exact) mass is 394 g/mol. The van der Waals surface area contributed by atoms with Crippen molar-refractivity contribution in [3.05, 3.63) is 36.8 Å². The Morgan fingerprint density at radius 2 is 1.79 bits per heavy atom. The summed E-state index contributed by atoms with van der Waals surface area (Å²) < 4.78 is 7.23. The van der Waals surface area contributed by atoms with Gasteiger partial charge in [-0.2, -0.15) is 10.1 Å². The third kappa shape index (κ3) is 3.69. The number of ether oxygens (including phenoxy) is 1. The van der Waals surface area contributed by atoms with E-state index in [1.807, 2.05) is 30.6 Å². The molecule has 5 heterocycles. The number of nitrogens with zero attached hydrogens (tertiary/aromatic N) is 8. The van der Waals surface area contributed by atoms with Crippen molar-refractivity contribution < 1.29 is 4.74 Å². The van der Waals surface area contributed by atoms with E-state index in [9.17, 15) is 0 Å². The smallest absolute Gasteiger partial charge is 0.227 e. The zero-order chi connectivity index (χ0) is 19.6. The van der Waals surface area contributed by atoms with Gasteiger partial charge in [-0.25, -0.2) is 14.5 Å². The molecule has 0 N–H and O–H groups in total. The number of morpholine rings is 1. The predicted octanol–water partition coefficient (Wildman–Crippen LogP) is 1.46. The molecule has 2 fully saturated rings. The van der Waals surface area contributed by atoms with Gasteiger partial charge in [-0.3, -0.25) is 0 Å². The summed E-state index contributed by atoms with van der Waals surface area (Å²) in [6.45, 7) is 5.13. The quantitative estimate of drug-likeness (QED) is 0.658. The molecule has 9 heteroatoms. The lowest BCUT2D eigenvalue weighted by Gasteiger charge is -2.38. The fourth-order valence-corrected chi connectivity index (χ4v) is 4.10. The first-order valence-electron chi connectivity index (χ1n) is 10.2. The van der Waals surface area contributed by atoms with Crippen molar-refractivity contribution in [2.24, 2.45) is 0 Å². The summed E-state index contributed by atoms with van der Waals surface area (Å²) in [5, 5.41) is 4.22. The molecule has 3 aromatic rings. The van der Waals surface area contributed by atoms with Gasteiger partial charge in [0.1, 0.15) is 11.6 Å². The number of fused-ring (bicyclic) bond motifs is 1. The molecule has 0 amide bonds. The van der Waals surface area contributed by atoms with Crippen molar-refractivity contribution in [1.29, 1.82) is 0 Å². The zero-order valence-electron chi connectivity index (χ0n) is 16.7. The van der Waals surface area contributed by atoms with Crippen LogP contribution in [0.25, 0.3) is 5.65 Å². The maximum atomic E-state index is 5.44. The second-order valence-corrected chi connectivity index (χ2v) is 7.56. The van der Waals surface area contributed by atoms with E-state index in [-0.39, 0.29) is 0 Å². The Balaban J connectivity index is 1.24. The van der Waals surface area contributed by atoms with Crippen molar-refractivity contribution >= 4 is 23.2 Å². The van der Waals surface area contributed by atoms with Crippen molar-refractivity contribution in [2.45, 2.75) is 18.9 Å². The Morgan fingerprint density at radius 3 is 2.62 bits per heavy atom. The molecule has 3 aromatic heterocycles.